The summed E-state index contributed by atoms with van der Waals surface area (Å²) in [7, 11) is 0. The SMILES string of the molecule is CCNC(=NCc1ccccc1CC)NCCNC(C)(C)C. The molecule has 0 spiro atoms. The zero-order valence-corrected chi connectivity index (χ0v) is 14.8. The Morgan fingerprint density at radius 3 is 2.27 bits per heavy atom. The van der Waals surface area contributed by atoms with E-state index in [-0.39, 0.29) is 5.54 Å². The van der Waals surface area contributed by atoms with Crippen LogP contribution in [0, 0.1) is 0 Å². The standard InChI is InChI=1S/C18H32N4/c1-6-15-10-8-9-11-16(15)14-21-17(19-7-2)20-12-13-22-18(3,4)5/h8-11,22H,6-7,12-14H2,1-5H3,(H2,19,20,21). The average molecular weight is 304 g/mol. The quantitative estimate of drug-likeness (QED) is 0.412. The molecule has 0 aliphatic rings. The Balaban J connectivity index is 2.54. The van der Waals surface area contributed by atoms with Crippen LogP contribution in [-0.2, 0) is 13.0 Å². The lowest BCUT2D eigenvalue weighted by atomic mass is 10.1. The molecule has 0 aliphatic heterocycles. The summed E-state index contributed by atoms with van der Waals surface area (Å²) >= 11 is 0. The highest BCUT2D eigenvalue weighted by atomic mass is 15.2. The third-order valence-electron chi connectivity index (χ3n) is 3.32. The van der Waals surface area contributed by atoms with Crippen molar-refractivity contribution in [1.29, 1.82) is 0 Å². The number of aryl methyl sites for hydroxylation is 1. The monoisotopic (exact) mass is 304 g/mol. The van der Waals surface area contributed by atoms with Crippen molar-refractivity contribution in [2.75, 3.05) is 19.6 Å². The van der Waals surface area contributed by atoms with E-state index in [2.05, 4.69) is 74.8 Å². The summed E-state index contributed by atoms with van der Waals surface area (Å²) in [5, 5.41) is 10.1. The number of hydrogen-bond acceptors (Lipinski definition) is 2. The van der Waals surface area contributed by atoms with Crippen LogP contribution in [0.4, 0.5) is 0 Å². The number of rotatable bonds is 7. The Morgan fingerprint density at radius 1 is 1.00 bits per heavy atom. The molecule has 0 aliphatic carbocycles. The molecular weight excluding hydrogens is 272 g/mol. The van der Waals surface area contributed by atoms with Crippen LogP contribution in [-0.4, -0.2) is 31.1 Å². The Bertz CT molecular complexity index is 460. The highest BCUT2D eigenvalue weighted by molar-refractivity contribution is 5.79. The normalized spacial score (nSPS) is 12.3. The zero-order valence-electron chi connectivity index (χ0n) is 14.8. The van der Waals surface area contributed by atoms with Gasteiger partial charge < -0.3 is 16.0 Å². The number of aliphatic imine (C=N–C) groups is 1. The molecule has 0 fully saturated rings. The van der Waals surface area contributed by atoms with Crippen molar-refractivity contribution in [3.8, 4) is 0 Å². The molecule has 0 unspecified atom stereocenters. The molecule has 0 radical (unpaired) electrons. The third kappa shape index (κ3) is 7.46. The van der Waals surface area contributed by atoms with Gasteiger partial charge in [0.15, 0.2) is 5.96 Å². The smallest absolute Gasteiger partial charge is 0.191 e. The van der Waals surface area contributed by atoms with Crippen LogP contribution in [0.5, 0.6) is 0 Å². The molecule has 0 saturated carbocycles. The van der Waals surface area contributed by atoms with Crippen molar-refractivity contribution in [1.82, 2.24) is 16.0 Å². The van der Waals surface area contributed by atoms with E-state index >= 15 is 0 Å². The summed E-state index contributed by atoms with van der Waals surface area (Å²) in [5.41, 5.74) is 2.82. The van der Waals surface area contributed by atoms with Crippen molar-refractivity contribution >= 4 is 5.96 Å². The van der Waals surface area contributed by atoms with E-state index in [1.165, 1.54) is 11.1 Å². The lowest BCUT2D eigenvalue weighted by molar-refractivity contribution is 0.428. The molecule has 1 aromatic carbocycles. The molecular formula is C18H32N4. The van der Waals surface area contributed by atoms with Crippen LogP contribution < -0.4 is 16.0 Å². The molecule has 124 valence electrons. The van der Waals surface area contributed by atoms with E-state index in [9.17, 15) is 0 Å². The van der Waals surface area contributed by atoms with Gasteiger partial charge >= 0.3 is 0 Å². The van der Waals surface area contributed by atoms with Gasteiger partial charge in [-0.3, -0.25) is 0 Å². The Labute approximate surface area is 135 Å². The highest BCUT2D eigenvalue weighted by Crippen LogP contribution is 2.10. The molecule has 4 heteroatoms. The first-order valence-corrected chi connectivity index (χ1v) is 8.30. The number of benzene rings is 1. The van der Waals surface area contributed by atoms with Gasteiger partial charge in [-0.2, -0.15) is 0 Å². The maximum Gasteiger partial charge on any atom is 0.191 e. The number of hydrogen-bond donors (Lipinski definition) is 3. The van der Waals surface area contributed by atoms with Gasteiger partial charge in [0.2, 0.25) is 0 Å². The van der Waals surface area contributed by atoms with Crippen LogP contribution >= 0.6 is 0 Å². The minimum atomic E-state index is 0.150. The van der Waals surface area contributed by atoms with Gasteiger partial charge in [-0.15, -0.1) is 0 Å². The largest absolute Gasteiger partial charge is 0.357 e. The predicted octanol–water partition coefficient (Wildman–Crippen LogP) is 2.69. The lowest BCUT2D eigenvalue weighted by Gasteiger charge is -2.21. The number of guanidine groups is 1. The molecule has 3 N–H and O–H groups in total. The van der Waals surface area contributed by atoms with Crippen LogP contribution in [0.3, 0.4) is 0 Å². The van der Waals surface area contributed by atoms with Crippen molar-refractivity contribution < 1.29 is 0 Å². The molecule has 0 atom stereocenters. The van der Waals surface area contributed by atoms with Gasteiger partial charge in [-0.1, -0.05) is 31.2 Å². The van der Waals surface area contributed by atoms with Gasteiger partial charge in [0.05, 0.1) is 6.54 Å². The number of nitrogens with one attached hydrogen (secondary N) is 3. The van der Waals surface area contributed by atoms with E-state index in [1.54, 1.807) is 0 Å². The molecule has 1 aromatic rings. The van der Waals surface area contributed by atoms with E-state index < -0.39 is 0 Å². The number of nitrogens with zero attached hydrogens (tertiary/aromatic N) is 1. The van der Waals surface area contributed by atoms with Gasteiger partial charge in [0.25, 0.3) is 0 Å². The summed E-state index contributed by atoms with van der Waals surface area (Å²) < 4.78 is 0. The Morgan fingerprint density at radius 2 is 1.68 bits per heavy atom. The first-order valence-electron chi connectivity index (χ1n) is 8.30. The van der Waals surface area contributed by atoms with E-state index in [0.717, 1.165) is 32.0 Å². The fourth-order valence-corrected chi connectivity index (χ4v) is 2.18. The van der Waals surface area contributed by atoms with Crippen molar-refractivity contribution in [2.24, 2.45) is 4.99 Å². The Hall–Kier alpha value is -1.55. The second kappa shape index (κ2) is 9.46. The van der Waals surface area contributed by atoms with E-state index in [4.69, 9.17) is 4.99 Å². The van der Waals surface area contributed by atoms with Gasteiger partial charge in [-0.05, 0) is 45.2 Å². The fourth-order valence-electron chi connectivity index (χ4n) is 2.18. The minimum absolute atomic E-state index is 0.150. The Kier molecular flexibility index (Phi) is 7.96. The second-order valence-corrected chi connectivity index (χ2v) is 6.42. The van der Waals surface area contributed by atoms with Crippen LogP contribution in [0.25, 0.3) is 0 Å². The van der Waals surface area contributed by atoms with Crippen molar-refractivity contribution in [3.63, 3.8) is 0 Å². The first kappa shape index (κ1) is 18.5. The molecule has 0 bridgehead atoms. The zero-order chi connectivity index (χ0) is 16.4. The van der Waals surface area contributed by atoms with Crippen LogP contribution in [0.1, 0.15) is 45.7 Å². The van der Waals surface area contributed by atoms with Crippen LogP contribution in [0.2, 0.25) is 0 Å². The van der Waals surface area contributed by atoms with Gasteiger partial charge in [0.1, 0.15) is 0 Å². The third-order valence-corrected chi connectivity index (χ3v) is 3.32. The molecule has 0 heterocycles. The molecule has 0 aromatic heterocycles. The summed E-state index contributed by atoms with van der Waals surface area (Å²) in [5.74, 6) is 0.879. The topological polar surface area (TPSA) is 48.5 Å². The van der Waals surface area contributed by atoms with Crippen LogP contribution in [0.15, 0.2) is 29.3 Å². The average Bonchev–Trinajstić information content (AvgIpc) is 2.48. The molecule has 0 amide bonds. The molecule has 4 nitrogen and oxygen atoms in total. The first-order chi connectivity index (χ1) is 10.5. The highest BCUT2D eigenvalue weighted by Gasteiger charge is 2.07. The molecule has 22 heavy (non-hydrogen) atoms. The van der Waals surface area contributed by atoms with Gasteiger partial charge in [0, 0.05) is 25.2 Å². The second-order valence-electron chi connectivity index (χ2n) is 6.42. The lowest BCUT2D eigenvalue weighted by Crippen LogP contribution is -2.44. The fraction of sp³-hybridized carbons (Fsp3) is 0.611. The maximum absolute atomic E-state index is 4.69. The van der Waals surface area contributed by atoms with Crippen molar-refractivity contribution in [3.05, 3.63) is 35.4 Å². The minimum Gasteiger partial charge on any atom is -0.357 e. The van der Waals surface area contributed by atoms with E-state index in [1.807, 2.05) is 0 Å². The summed E-state index contributed by atoms with van der Waals surface area (Å²) in [6, 6.07) is 8.51. The predicted molar refractivity (Wildman–Crippen MR) is 96.4 cm³/mol. The van der Waals surface area contributed by atoms with Gasteiger partial charge in [-0.25, -0.2) is 4.99 Å². The maximum atomic E-state index is 4.69. The molecule has 1 rings (SSSR count). The summed E-state index contributed by atoms with van der Waals surface area (Å²) in [6.07, 6.45) is 1.05. The summed E-state index contributed by atoms with van der Waals surface area (Å²) in [6.45, 7) is 14.2. The summed E-state index contributed by atoms with van der Waals surface area (Å²) in [4.78, 5) is 4.69. The van der Waals surface area contributed by atoms with Crippen molar-refractivity contribution in [2.45, 2.75) is 53.1 Å². The van der Waals surface area contributed by atoms with E-state index in [0.29, 0.717) is 6.54 Å². The molecule has 0 saturated heterocycles.